The van der Waals surface area contributed by atoms with Gasteiger partial charge < -0.3 is 9.73 Å². The Morgan fingerprint density at radius 1 is 1.50 bits per heavy atom. The summed E-state index contributed by atoms with van der Waals surface area (Å²) in [5.41, 5.74) is 0.972. The molecule has 1 atom stereocenters. The predicted molar refractivity (Wildman–Crippen MR) is 85.0 cm³/mol. The van der Waals surface area contributed by atoms with Gasteiger partial charge in [-0.05, 0) is 37.5 Å². The predicted octanol–water partition coefficient (Wildman–Crippen LogP) is 3.57. The van der Waals surface area contributed by atoms with Crippen LogP contribution in [0, 0.1) is 0 Å². The zero-order valence-electron chi connectivity index (χ0n) is 12.1. The van der Waals surface area contributed by atoms with Gasteiger partial charge in [0, 0.05) is 10.9 Å². The number of nitrogens with one attached hydrogen (secondary N) is 1. The number of thioether (sulfide) groups is 1. The van der Waals surface area contributed by atoms with Gasteiger partial charge in [-0.3, -0.25) is 4.79 Å². The van der Waals surface area contributed by atoms with Gasteiger partial charge in [-0.2, -0.15) is 0 Å². The molecule has 1 aromatic carbocycles. The third kappa shape index (κ3) is 4.01. The largest absolute Gasteiger partial charge is 0.416 e. The third-order valence-corrected chi connectivity index (χ3v) is 4.46. The van der Waals surface area contributed by atoms with E-state index in [-0.39, 0.29) is 17.7 Å². The fraction of sp³-hybridized carbons (Fsp3) is 0.400. The van der Waals surface area contributed by atoms with E-state index < -0.39 is 0 Å². The lowest BCUT2D eigenvalue weighted by molar-refractivity contribution is -0.119. The van der Waals surface area contributed by atoms with Gasteiger partial charge in [0.15, 0.2) is 0 Å². The number of amides is 1. The maximum atomic E-state index is 12.0. The summed E-state index contributed by atoms with van der Waals surface area (Å²) in [5.74, 6) is 1.29. The molecule has 3 rings (SSSR count). The maximum Gasteiger partial charge on any atom is 0.277 e. The van der Waals surface area contributed by atoms with E-state index in [1.54, 1.807) is 0 Å². The van der Waals surface area contributed by atoms with E-state index in [4.69, 9.17) is 16.0 Å². The standard InChI is InChI=1S/C15H16ClN3O2S/c1-9(11-3-2-4-12(16)7-11)17-13(20)8-22-15-19-18-14(21-15)10-5-6-10/h2-4,7,9-10H,5-6,8H2,1H3,(H,17,20)/t9-/m1/s1. The molecule has 1 aromatic heterocycles. The first-order valence-electron chi connectivity index (χ1n) is 7.13. The van der Waals surface area contributed by atoms with E-state index >= 15 is 0 Å². The van der Waals surface area contributed by atoms with Gasteiger partial charge in [-0.15, -0.1) is 10.2 Å². The molecule has 0 spiro atoms. The number of carbonyl (C=O) groups is 1. The molecule has 1 fully saturated rings. The molecule has 1 amide bonds. The van der Waals surface area contributed by atoms with E-state index in [0.29, 0.717) is 22.1 Å². The second-order valence-electron chi connectivity index (χ2n) is 5.31. The van der Waals surface area contributed by atoms with Gasteiger partial charge in [0.2, 0.25) is 11.8 Å². The van der Waals surface area contributed by atoms with Crippen LogP contribution in [0.1, 0.15) is 43.2 Å². The van der Waals surface area contributed by atoms with Gasteiger partial charge in [0.05, 0.1) is 11.8 Å². The molecular formula is C15H16ClN3O2S. The van der Waals surface area contributed by atoms with Crippen molar-refractivity contribution in [2.24, 2.45) is 0 Å². The Morgan fingerprint density at radius 3 is 3.05 bits per heavy atom. The Bertz CT molecular complexity index is 672. The Labute approximate surface area is 137 Å². The fourth-order valence-corrected chi connectivity index (χ4v) is 2.82. The Balaban J connectivity index is 1.49. The molecule has 7 heteroatoms. The molecule has 22 heavy (non-hydrogen) atoms. The Morgan fingerprint density at radius 2 is 2.32 bits per heavy atom. The van der Waals surface area contributed by atoms with Crippen molar-refractivity contribution in [3.63, 3.8) is 0 Å². The molecule has 0 aliphatic heterocycles. The van der Waals surface area contributed by atoms with Crippen molar-refractivity contribution in [2.75, 3.05) is 5.75 Å². The summed E-state index contributed by atoms with van der Waals surface area (Å²) in [4.78, 5) is 12.0. The zero-order valence-corrected chi connectivity index (χ0v) is 13.7. The number of benzene rings is 1. The molecule has 116 valence electrons. The quantitative estimate of drug-likeness (QED) is 0.816. The Kier molecular flexibility index (Phi) is 4.69. The molecule has 5 nitrogen and oxygen atoms in total. The highest BCUT2D eigenvalue weighted by Gasteiger charge is 2.29. The minimum atomic E-state index is -0.100. The molecule has 0 unspecified atom stereocenters. The van der Waals surface area contributed by atoms with Crippen molar-refractivity contribution in [3.8, 4) is 0 Å². The normalized spacial score (nSPS) is 15.5. The van der Waals surface area contributed by atoms with Crippen LogP contribution in [0.25, 0.3) is 0 Å². The number of hydrogen-bond acceptors (Lipinski definition) is 5. The smallest absolute Gasteiger partial charge is 0.277 e. The number of halogens is 1. The highest BCUT2D eigenvalue weighted by Crippen LogP contribution is 2.39. The van der Waals surface area contributed by atoms with Gasteiger partial charge in [-0.1, -0.05) is 35.5 Å². The second-order valence-corrected chi connectivity index (χ2v) is 6.68. The van der Waals surface area contributed by atoms with E-state index in [2.05, 4.69) is 15.5 Å². The van der Waals surface area contributed by atoms with Crippen LogP contribution in [0.4, 0.5) is 0 Å². The van der Waals surface area contributed by atoms with Crippen LogP contribution in [-0.4, -0.2) is 21.9 Å². The van der Waals surface area contributed by atoms with Crippen LogP contribution in [0.15, 0.2) is 33.9 Å². The monoisotopic (exact) mass is 337 g/mol. The van der Waals surface area contributed by atoms with E-state index in [9.17, 15) is 4.79 Å². The van der Waals surface area contributed by atoms with E-state index in [1.165, 1.54) is 11.8 Å². The topological polar surface area (TPSA) is 68.0 Å². The molecule has 0 saturated heterocycles. The van der Waals surface area contributed by atoms with Crippen LogP contribution in [-0.2, 0) is 4.79 Å². The minimum Gasteiger partial charge on any atom is -0.416 e. The average Bonchev–Trinajstić information content (AvgIpc) is 3.24. The van der Waals surface area contributed by atoms with Crippen molar-refractivity contribution in [1.82, 2.24) is 15.5 Å². The van der Waals surface area contributed by atoms with Crippen molar-refractivity contribution in [1.29, 1.82) is 0 Å². The summed E-state index contributed by atoms with van der Waals surface area (Å²) >= 11 is 7.21. The second kappa shape index (κ2) is 6.71. The SMILES string of the molecule is C[C@@H](NC(=O)CSc1nnc(C2CC2)o1)c1cccc(Cl)c1. The van der Waals surface area contributed by atoms with Crippen LogP contribution in [0.5, 0.6) is 0 Å². The van der Waals surface area contributed by atoms with Crippen molar-refractivity contribution in [2.45, 2.75) is 36.9 Å². The lowest BCUT2D eigenvalue weighted by Crippen LogP contribution is -2.28. The highest BCUT2D eigenvalue weighted by atomic mass is 35.5. The Hall–Kier alpha value is -1.53. The molecule has 1 aliphatic carbocycles. The first-order valence-corrected chi connectivity index (χ1v) is 8.49. The molecular weight excluding hydrogens is 322 g/mol. The number of carbonyl (C=O) groups excluding carboxylic acids is 1. The molecule has 0 radical (unpaired) electrons. The average molecular weight is 338 g/mol. The molecule has 0 bridgehead atoms. The van der Waals surface area contributed by atoms with Crippen LogP contribution in [0.2, 0.25) is 5.02 Å². The number of aromatic nitrogens is 2. The lowest BCUT2D eigenvalue weighted by atomic mass is 10.1. The van der Waals surface area contributed by atoms with Gasteiger partial charge >= 0.3 is 0 Å². The van der Waals surface area contributed by atoms with Gasteiger partial charge in [-0.25, -0.2) is 0 Å². The first-order chi connectivity index (χ1) is 10.6. The molecule has 1 heterocycles. The molecule has 1 N–H and O–H groups in total. The lowest BCUT2D eigenvalue weighted by Gasteiger charge is -2.14. The minimum absolute atomic E-state index is 0.0800. The summed E-state index contributed by atoms with van der Waals surface area (Å²) in [7, 11) is 0. The van der Waals surface area contributed by atoms with Crippen molar-refractivity contribution < 1.29 is 9.21 Å². The molecule has 1 saturated carbocycles. The van der Waals surface area contributed by atoms with Gasteiger partial charge in [0.1, 0.15) is 0 Å². The number of rotatable bonds is 6. The van der Waals surface area contributed by atoms with E-state index in [0.717, 1.165) is 18.4 Å². The van der Waals surface area contributed by atoms with Crippen LogP contribution in [0.3, 0.4) is 0 Å². The fourth-order valence-electron chi connectivity index (χ4n) is 2.04. The summed E-state index contributed by atoms with van der Waals surface area (Å²) in [5, 5.41) is 12.0. The summed E-state index contributed by atoms with van der Waals surface area (Å²) in [6.45, 7) is 1.92. The van der Waals surface area contributed by atoms with Crippen molar-refractivity contribution >= 4 is 29.3 Å². The zero-order chi connectivity index (χ0) is 15.5. The van der Waals surface area contributed by atoms with Crippen molar-refractivity contribution in [3.05, 3.63) is 40.7 Å². The van der Waals surface area contributed by atoms with E-state index in [1.807, 2.05) is 31.2 Å². The van der Waals surface area contributed by atoms with Crippen LogP contribution >= 0.6 is 23.4 Å². The summed E-state index contributed by atoms with van der Waals surface area (Å²) in [6, 6.07) is 7.36. The molecule has 1 aliphatic rings. The number of nitrogens with zero attached hydrogens (tertiary/aromatic N) is 2. The highest BCUT2D eigenvalue weighted by molar-refractivity contribution is 7.99. The maximum absolute atomic E-state index is 12.0. The molecule has 2 aromatic rings. The number of hydrogen-bond donors (Lipinski definition) is 1. The van der Waals surface area contributed by atoms with Gasteiger partial charge in [0.25, 0.3) is 5.22 Å². The summed E-state index contributed by atoms with van der Waals surface area (Å²) < 4.78 is 5.51. The summed E-state index contributed by atoms with van der Waals surface area (Å²) in [6.07, 6.45) is 2.23. The third-order valence-electron chi connectivity index (χ3n) is 3.40. The first kappa shape index (κ1) is 15.4. The van der Waals surface area contributed by atoms with Crippen LogP contribution < -0.4 is 5.32 Å².